The quantitative estimate of drug-likeness (QED) is 0.108. The third-order valence-corrected chi connectivity index (χ3v) is 15.9. The fraction of sp³-hybridized carbons (Fsp3) is 0.400. The van der Waals surface area contributed by atoms with Crippen molar-refractivity contribution >= 4 is 53.5 Å². The van der Waals surface area contributed by atoms with Crippen molar-refractivity contribution in [1.82, 2.24) is 0 Å². The topological polar surface area (TPSA) is 0 Å². The van der Waals surface area contributed by atoms with E-state index < -0.39 is 16.1 Å². The van der Waals surface area contributed by atoms with Gasteiger partial charge in [0.1, 0.15) is 0 Å². The van der Waals surface area contributed by atoms with E-state index in [1.165, 1.54) is 130 Å². The third-order valence-electron chi connectivity index (χ3n) is 11.7. The van der Waals surface area contributed by atoms with Gasteiger partial charge in [0.15, 0.2) is 0 Å². The molecule has 2 saturated carbocycles. The average molecular weight is 911 g/mol. The SMILES string of the molecule is C[Si](C)(C)c1ccc(-c2cccc3[cH-]c(CC4CCCC4)cc23)cc1.C[Si](C)(C)c1ccc(-c2cccc3[cH-]c(CC4CCCC4)cc23)cc1.C[Si](C)=[Zr+2].[Cl-].[Cl-]. The van der Waals surface area contributed by atoms with Crippen molar-refractivity contribution < 1.29 is 48.1 Å². The molecule has 0 bridgehead atoms. The number of rotatable bonds is 8. The average Bonchev–Trinajstić information content (AvgIpc) is 3.96. The van der Waals surface area contributed by atoms with Crippen molar-refractivity contribution in [3.63, 3.8) is 0 Å². The van der Waals surface area contributed by atoms with E-state index in [0.717, 1.165) is 11.8 Å². The van der Waals surface area contributed by atoms with Gasteiger partial charge in [-0.1, -0.05) is 173 Å². The van der Waals surface area contributed by atoms with Crippen molar-refractivity contribution in [2.24, 2.45) is 11.8 Å². The zero-order valence-electron chi connectivity index (χ0n) is 35.4. The molecule has 0 unspecified atom stereocenters. The summed E-state index contributed by atoms with van der Waals surface area (Å²) in [6, 6.07) is 42.0. The maximum absolute atomic E-state index is 2.45. The summed E-state index contributed by atoms with van der Waals surface area (Å²) in [6.07, 6.45) is 13.9. The predicted molar refractivity (Wildman–Crippen MR) is 245 cm³/mol. The van der Waals surface area contributed by atoms with E-state index in [9.17, 15) is 0 Å². The van der Waals surface area contributed by atoms with Crippen LogP contribution in [0.1, 0.15) is 62.5 Å². The van der Waals surface area contributed by atoms with Crippen LogP contribution in [-0.4, -0.2) is 21.6 Å². The first kappa shape index (κ1) is 46.9. The van der Waals surface area contributed by atoms with Gasteiger partial charge in [-0.2, -0.15) is 12.1 Å². The molecule has 0 aromatic heterocycles. The molecule has 2 aliphatic carbocycles. The van der Waals surface area contributed by atoms with E-state index in [2.05, 4.69) is 162 Å². The van der Waals surface area contributed by atoms with E-state index >= 15 is 0 Å². The third kappa shape index (κ3) is 12.6. The Morgan fingerprint density at radius 1 is 0.536 bits per heavy atom. The van der Waals surface area contributed by atoms with E-state index in [4.69, 9.17) is 0 Å². The van der Waals surface area contributed by atoms with E-state index in [1.807, 2.05) is 0 Å². The van der Waals surface area contributed by atoms with E-state index in [0.29, 0.717) is 0 Å². The number of halogens is 2. The molecule has 6 aromatic carbocycles. The van der Waals surface area contributed by atoms with Crippen molar-refractivity contribution in [2.45, 2.75) is 117 Å². The Balaban J connectivity index is 0.000000220. The summed E-state index contributed by atoms with van der Waals surface area (Å²) in [5.41, 5.74) is 8.76. The summed E-state index contributed by atoms with van der Waals surface area (Å²) in [7, 11) is -2.46. The Morgan fingerprint density at radius 2 is 0.857 bits per heavy atom. The Kier molecular flexibility index (Phi) is 17.5. The molecular weight excluding hydrogens is 847 g/mol. The summed E-state index contributed by atoms with van der Waals surface area (Å²) in [5.74, 6) is 1.83. The minimum Gasteiger partial charge on any atom is -1.00 e. The van der Waals surface area contributed by atoms with Crippen molar-refractivity contribution in [1.29, 1.82) is 0 Å². The second-order valence-electron chi connectivity index (χ2n) is 18.7. The molecule has 0 N–H and O–H groups in total. The van der Waals surface area contributed by atoms with Crippen molar-refractivity contribution in [3.05, 3.63) is 120 Å². The summed E-state index contributed by atoms with van der Waals surface area (Å²) in [5, 5.41) is 8.73. The summed E-state index contributed by atoms with van der Waals surface area (Å²) in [4.78, 5) is 0. The first-order chi connectivity index (χ1) is 25.7. The van der Waals surface area contributed by atoms with Crippen LogP contribution in [0, 0.1) is 11.8 Å². The first-order valence-electron chi connectivity index (χ1n) is 20.8. The second-order valence-corrected chi connectivity index (χ2v) is 38.2. The van der Waals surface area contributed by atoms with Crippen molar-refractivity contribution in [2.75, 3.05) is 0 Å². The van der Waals surface area contributed by atoms with Crippen LogP contribution >= 0.6 is 0 Å². The van der Waals surface area contributed by atoms with Crippen molar-refractivity contribution in [3.8, 4) is 22.3 Å². The molecule has 8 rings (SSSR count). The molecule has 0 spiro atoms. The van der Waals surface area contributed by atoms with Crippen LogP contribution in [0.15, 0.2) is 109 Å². The van der Waals surface area contributed by atoms with E-state index in [-0.39, 0.29) is 30.2 Å². The molecule has 2 aliphatic rings. The van der Waals surface area contributed by atoms with Crippen LogP contribution in [0.4, 0.5) is 0 Å². The Labute approximate surface area is 369 Å². The van der Waals surface area contributed by atoms with Crippen LogP contribution in [0.5, 0.6) is 0 Å². The van der Waals surface area contributed by atoms with Gasteiger partial charge in [-0.05, 0) is 35.8 Å². The van der Waals surface area contributed by atoms with Gasteiger partial charge < -0.3 is 24.8 Å². The van der Waals surface area contributed by atoms with Gasteiger partial charge in [0.2, 0.25) is 0 Å². The minimum atomic E-state index is -1.23. The largest absolute Gasteiger partial charge is 1.00 e. The normalized spacial score (nSPS) is 14.8. The van der Waals surface area contributed by atoms with Gasteiger partial charge >= 0.3 is 41.9 Å². The molecule has 6 heteroatoms. The Hall–Kier alpha value is -1.79. The summed E-state index contributed by atoms with van der Waals surface area (Å²) in [6.45, 7) is 19.1. The molecule has 0 amide bonds. The second kappa shape index (κ2) is 21.0. The van der Waals surface area contributed by atoms with Crippen LogP contribution in [0.3, 0.4) is 0 Å². The summed E-state index contributed by atoms with van der Waals surface area (Å²) < 4.78 is 0. The van der Waals surface area contributed by atoms with E-state index in [1.54, 1.807) is 23.3 Å². The molecule has 296 valence electrons. The molecular formula is C50H64Cl2Si3Zr-2. The van der Waals surface area contributed by atoms with Gasteiger partial charge in [0, 0.05) is 0 Å². The van der Waals surface area contributed by atoms with Gasteiger partial charge in [-0.25, -0.2) is 0 Å². The molecule has 6 aromatic rings. The van der Waals surface area contributed by atoms with Gasteiger partial charge in [-0.15, -0.1) is 69.1 Å². The van der Waals surface area contributed by atoms with Crippen LogP contribution < -0.4 is 35.2 Å². The fourth-order valence-corrected chi connectivity index (χ4v) is 11.1. The monoisotopic (exact) mass is 908 g/mol. The summed E-state index contributed by atoms with van der Waals surface area (Å²) >= 11 is 1.74. The fourth-order valence-electron chi connectivity index (χ4n) is 8.73. The number of hydrogen-bond donors (Lipinski definition) is 0. The molecule has 2 fully saturated rings. The molecule has 56 heavy (non-hydrogen) atoms. The molecule has 0 saturated heterocycles. The minimum absolute atomic E-state index is 0. The van der Waals surface area contributed by atoms with Gasteiger partial charge in [0.25, 0.3) is 0 Å². The van der Waals surface area contributed by atoms with Crippen LogP contribution in [0.25, 0.3) is 43.8 Å². The molecule has 0 radical (unpaired) electrons. The maximum Gasteiger partial charge on any atom is -1.00 e. The smallest absolute Gasteiger partial charge is 1.00 e. The number of benzene rings is 4. The zero-order valence-corrected chi connectivity index (χ0v) is 42.3. The number of hydrogen-bond acceptors (Lipinski definition) is 0. The molecule has 0 atom stereocenters. The Bertz CT molecular complexity index is 1980. The standard InChI is InChI=1S/2C24H29Si.C2H6Si.2ClH.Zr/c2*1-25(2,3)22-13-11-20(12-14-22)23-10-6-9-21-16-19(17-24(21)23)15-18-7-4-5-8-18;1-3-2;;;/h2*6,9-14,16-18H,4-5,7-8,15H2,1-3H3;1-2H3;2*1H;/q2*-1;;;;+2/p-2. The Morgan fingerprint density at radius 3 is 1.16 bits per heavy atom. The maximum atomic E-state index is 2.45. The van der Waals surface area contributed by atoms with Gasteiger partial charge in [-0.3, -0.25) is 0 Å². The number of fused-ring (bicyclic) bond motifs is 2. The molecule has 0 heterocycles. The zero-order chi connectivity index (χ0) is 38.5. The molecule has 0 nitrogen and oxygen atoms in total. The van der Waals surface area contributed by atoms with Crippen LogP contribution in [0.2, 0.25) is 52.4 Å². The molecule has 0 aliphatic heterocycles. The first-order valence-corrected chi connectivity index (χ1v) is 34.0. The van der Waals surface area contributed by atoms with Crippen LogP contribution in [-0.2, 0) is 36.2 Å². The van der Waals surface area contributed by atoms with Gasteiger partial charge in [0.05, 0.1) is 16.1 Å². The predicted octanol–water partition coefficient (Wildman–Crippen LogP) is 7.80.